The van der Waals surface area contributed by atoms with Crippen LogP contribution in [0.15, 0.2) is 35.2 Å². The van der Waals surface area contributed by atoms with E-state index in [1.807, 2.05) is 6.07 Å². The molecular weight excluding hydrogens is 420 g/mol. The number of nitrogens with zero attached hydrogens (tertiary/aromatic N) is 5. The van der Waals surface area contributed by atoms with Crippen LogP contribution in [0.25, 0.3) is 0 Å². The highest BCUT2D eigenvalue weighted by Gasteiger charge is 2.29. The number of amides is 2. The third kappa shape index (κ3) is 5.10. The monoisotopic (exact) mass is 444 g/mol. The highest BCUT2D eigenvalue weighted by Crippen LogP contribution is 2.19. The highest BCUT2D eigenvalue weighted by molar-refractivity contribution is 7.89. The minimum absolute atomic E-state index is 0.0726. The zero-order valence-corrected chi connectivity index (χ0v) is 18.2. The molecule has 31 heavy (non-hydrogen) atoms. The minimum atomic E-state index is -3.71. The molecule has 0 unspecified atom stereocenters. The maximum absolute atomic E-state index is 12.9. The summed E-state index contributed by atoms with van der Waals surface area (Å²) in [5.74, 6) is -0.00788. The summed E-state index contributed by atoms with van der Waals surface area (Å²) in [6, 6.07) is 9.46. The van der Waals surface area contributed by atoms with Gasteiger partial charge in [-0.3, -0.25) is 9.59 Å². The lowest BCUT2D eigenvalue weighted by Gasteiger charge is -2.33. The summed E-state index contributed by atoms with van der Waals surface area (Å²) in [5, 5.41) is 15.8. The Balaban J connectivity index is 1.69. The maximum Gasteiger partial charge on any atom is 0.256 e. The van der Waals surface area contributed by atoms with Crippen molar-refractivity contribution < 1.29 is 18.0 Å². The lowest BCUT2D eigenvalue weighted by molar-refractivity contribution is -0.129. The predicted molar refractivity (Wildman–Crippen MR) is 113 cm³/mol. The molecule has 1 N–H and O–H groups in total. The average Bonchev–Trinajstić information content (AvgIpc) is 3.11. The van der Waals surface area contributed by atoms with Gasteiger partial charge in [0.15, 0.2) is 0 Å². The van der Waals surface area contributed by atoms with Crippen molar-refractivity contribution in [3.63, 3.8) is 0 Å². The van der Waals surface area contributed by atoms with E-state index in [9.17, 15) is 18.0 Å². The molecule has 3 rings (SSSR count). The van der Waals surface area contributed by atoms with Gasteiger partial charge in [-0.2, -0.15) is 14.7 Å². The normalized spacial score (nSPS) is 14.8. The van der Waals surface area contributed by atoms with Crippen LogP contribution < -0.4 is 5.32 Å². The molecule has 1 aromatic heterocycles. The van der Waals surface area contributed by atoms with E-state index >= 15 is 0 Å². The molecule has 0 bridgehead atoms. The zero-order valence-electron chi connectivity index (χ0n) is 17.4. The number of rotatable bonds is 6. The van der Waals surface area contributed by atoms with E-state index in [-0.39, 0.29) is 30.3 Å². The Hall–Kier alpha value is -3.23. The summed E-state index contributed by atoms with van der Waals surface area (Å²) in [5.41, 5.74) is 1.01. The van der Waals surface area contributed by atoms with Gasteiger partial charge >= 0.3 is 0 Å². The maximum atomic E-state index is 12.9. The Morgan fingerprint density at radius 2 is 1.81 bits per heavy atom. The molecule has 1 aliphatic rings. The Morgan fingerprint density at radius 3 is 2.39 bits per heavy atom. The number of hydrogen-bond donors (Lipinski definition) is 1. The van der Waals surface area contributed by atoms with Gasteiger partial charge in [0.1, 0.15) is 5.82 Å². The molecule has 0 aliphatic carbocycles. The molecule has 0 saturated carbocycles. The Morgan fingerprint density at radius 1 is 1.16 bits per heavy atom. The van der Waals surface area contributed by atoms with Crippen LogP contribution in [0.1, 0.15) is 29.4 Å². The Labute approximate surface area is 181 Å². The topological polar surface area (TPSA) is 128 Å². The Bertz CT molecular complexity index is 1110. The first kappa shape index (κ1) is 22.5. The first-order valence-corrected chi connectivity index (χ1v) is 11.2. The summed E-state index contributed by atoms with van der Waals surface area (Å²) in [6.45, 7) is 4.78. The smallest absolute Gasteiger partial charge is 0.256 e. The number of benzene rings is 1. The second kappa shape index (κ2) is 9.28. The van der Waals surface area contributed by atoms with Crippen LogP contribution in [-0.4, -0.2) is 65.4 Å². The minimum Gasteiger partial charge on any atom is -0.340 e. The van der Waals surface area contributed by atoms with Crippen LogP contribution in [-0.2, 0) is 21.4 Å². The molecule has 2 aromatic rings. The molecule has 11 heteroatoms. The molecule has 10 nitrogen and oxygen atoms in total. The van der Waals surface area contributed by atoms with E-state index in [0.29, 0.717) is 36.7 Å². The number of aromatic nitrogens is 2. The lowest BCUT2D eigenvalue weighted by Crippen LogP contribution is -2.49. The fraction of sp³-hybridized carbons (Fsp3) is 0.400. The fourth-order valence-electron chi connectivity index (χ4n) is 3.33. The molecule has 164 valence electrons. The number of nitrogens with one attached hydrogen (secondary N) is 1. The van der Waals surface area contributed by atoms with E-state index < -0.39 is 15.9 Å². The second-order valence-electron chi connectivity index (χ2n) is 7.19. The molecule has 0 spiro atoms. The number of nitriles is 1. The van der Waals surface area contributed by atoms with Gasteiger partial charge in [-0.25, -0.2) is 13.1 Å². The van der Waals surface area contributed by atoms with Gasteiger partial charge in [0.05, 0.1) is 29.6 Å². The number of anilines is 1. The summed E-state index contributed by atoms with van der Waals surface area (Å²) in [7, 11) is -3.71. The van der Waals surface area contributed by atoms with E-state index in [0.717, 1.165) is 0 Å². The average molecular weight is 445 g/mol. The Kier molecular flexibility index (Phi) is 6.72. The van der Waals surface area contributed by atoms with E-state index in [4.69, 9.17) is 5.26 Å². The van der Waals surface area contributed by atoms with Crippen molar-refractivity contribution >= 4 is 27.7 Å². The van der Waals surface area contributed by atoms with Crippen molar-refractivity contribution in [1.82, 2.24) is 19.0 Å². The fourth-order valence-corrected chi connectivity index (χ4v) is 4.75. The number of carbonyl (C=O) groups excluding carboxylic acids is 2. The SMILES string of the molecule is CC(=O)N1CCN(S(=O)(=O)c2ccc(C(=O)Nc3cc(C)nn3CCC#N)cc2)CC1. The van der Waals surface area contributed by atoms with E-state index in [1.54, 1.807) is 22.6 Å². The van der Waals surface area contributed by atoms with Gasteiger partial charge < -0.3 is 10.2 Å². The summed E-state index contributed by atoms with van der Waals surface area (Å²) in [4.78, 5) is 25.7. The van der Waals surface area contributed by atoms with Crippen LogP contribution >= 0.6 is 0 Å². The molecular formula is C20H24N6O4S. The van der Waals surface area contributed by atoms with Gasteiger partial charge in [0, 0.05) is 44.7 Å². The summed E-state index contributed by atoms with van der Waals surface area (Å²) in [6.07, 6.45) is 0.261. The van der Waals surface area contributed by atoms with E-state index in [1.165, 1.54) is 35.5 Å². The van der Waals surface area contributed by atoms with Crippen LogP contribution in [0.3, 0.4) is 0 Å². The number of aryl methyl sites for hydroxylation is 2. The largest absolute Gasteiger partial charge is 0.340 e. The van der Waals surface area contributed by atoms with Gasteiger partial charge in [-0.15, -0.1) is 0 Å². The molecule has 0 atom stereocenters. The number of hydrogen-bond acceptors (Lipinski definition) is 6. The third-order valence-corrected chi connectivity index (χ3v) is 6.93. The van der Waals surface area contributed by atoms with E-state index in [2.05, 4.69) is 10.4 Å². The van der Waals surface area contributed by atoms with Crippen molar-refractivity contribution in [2.45, 2.75) is 31.7 Å². The number of carbonyl (C=O) groups is 2. The number of sulfonamides is 1. The molecule has 0 radical (unpaired) electrons. The standard InChI is InChI=1S/C20H24N6O4S/c1-15-14-19(26(23-15)9-3-8-21)22-20(28)17-4-6-18(7-5-17)31(29,30)25-12-10-24(11-13-25)16(2)27/h4-7,14H,3,9-13H2,1-2H3,(H,22,28). The lowest BCUT2D eigenvalue weighted by atomic mass is 10.2. The molecule has 2 amide bonds. The second-order valence-corrected chi connectivity index (χ2v) is 9.13. The van der Waals surface area contributed by atoms with Crippen molar-refractivity contribution in [2.75, 3.05) is 31.5 Å². The van der Waals surface area contributed by atoms with Crippen LogP contribution in [0.4, 0.5) is 5.82 Å². The first-order chi connectivity index (χ1) is 14.7. The first-order valence-electron chi connectivity index (χ1n) is 9.81. The van der Waals surface area contributed by atoms with Crippen LogP contribution in [0.2, 0.25) is 0 Å². The predicted octanol–water partition coefficient (Wildman–Crippen LogP) is 1.21. The quantitative estimate of drug-likeness (QED) is 0.713. The van der Waals surface area contributed by atoms with Crippen LogP contribution in [0, 0.1) is 18.3 Å². The van der Waals surface area contributed by atoms with Gasteiger partial charge in [-0.1, -0.05) is 0 Å². The third-order valence-electron chi connectivity index (χ3n) is 5.02. The van der Waals surface area contributed by atoms with Crippen molar-refractivity contribution in [3.8, 4) is 6.07 Å². The molecule has 1 aromatic carbocycles. The van der Waals surface area contributed by atoms with Crippen LogP contribution in [0.5, 0.6) is 0 Å². The van der Waals surface area contributed by atoms with Crippen molar-refractivity contribution in [3.05, 3.63) is 41.6 Å². The highest BCUT2D eigenvalue weighted by atomic mass is 32.2. The summed E-state index contributed by atoms with van der Waals surface area (Å²) >= 11 is 0. The van der Waals surface area contributed by atoms with Crippen molar-refractivity contribution in [2.24, 2.45) is 0 Å². The van der Waals surface area contributed by atoms with Gasteiger partial charge in [-0.05, 0) is 31.2 Å². The van der Waals surface area contributed by atoms with Gasteiger partial charge in [0.2, 0.25) is 15.9 Å². The number of piperazine rings is 1. The summed E-state index contributed by atoms with van der Waals surface area (Å²) < 4.78 is 28.6. The molecule has 1 fully saturated rings. The zero-order chi connectivity index (χ0) is 22.6. The molecule has 1 saturated heterocycles. The molecule has 2 heterocycles. The van der Waals surface area contributed by atoms with Gasteiger partial charge in [0.25, 0.3) is 5.91 Å². The van der Waals surface area contributed by atoms with Crippen molar-refractivity contribution in [1.29, 1.82) is 5.26 Å². The molecule has 1 aliphatic heterocycles.